The summed E-state index contributed by atoms with van der Waals surface area (Å²) in [6.07, 6.45) is 0.583. The summed E-state index contributed by atoms with van der Waals surface area (Å²) in [5.74, 6) is -0.0938. The molecule has 0 spiro atoms. The zero-order valence-corrected chi connectivity index (χ0v) is 8.48. The lowest BCUT2D eigenvalue weighted by atomic mass is 10.0. The molecule has 1 N–H and O–H groups in total. The number of carbonyl (C=O) groups excluding carboxylic acids is 2. The van der Waals surface area contributed by atoms with E-state index in [0.29, 0.717) is 5.56 Å². The van der Waals surface area contributed by atoms with E-state index in [9.17, 15) is 9.59 Å². The van der Waals surface area contributed by atoms with Crippen LogP contribution in [0.25, 0.3) is 0 Å². The maximum atomic E-state index is 11.5. The van der Waals surface area contributed by atoms with E-state index in [0.717, 1.165) is 0 Å². The quantitative estimate of drug-likeness (QED) is 0.719. The average molecular weight is 206 g/mol. The monoisotopic (exact) mass is 206 g/mol. The van der Waals surface area contributed by atoms with Crippen LogP contribution < -0.4 is 0 Å². The normalized spacial score (nSPS) is 9.93. The largest absolute Gasteiger partial charge is 0.396 e. The highest BCUT2D eigenvalue weighted by atomic mass is 16.3. The molecule has 0 radical (unpaired) electrons. The molecule has 80 valence electrons. The van der Waals surface area contributed by atoms with Gasteiger partial charge in [-0.25, -0.2) is 0 Å². The van der Waals surface area contributed by atoms with Gasteiger partial charge in [-0.2, -0.15) is 0 Å². The van der Waals surface area contributed by atoms with E-state index >= 15 is 0 Å². The number of ketones is 2. The van der Waals surface area contributed by atoms with Gasteiger partial charge < -0.3 is 5.11 Å². The SMILES string of the molecule is O=C(CCO)CCC(=O)c1ccccc1. The number of Topliss-reactive ketones (excluding diaryl/α,β-unsaturated/α-hetero) is 2. The molecule has 0 aliphatic carbocycles. The van der Waals surface area contributed by atoms with E-state index in [-0.39, 0.29) is 37.4 Å². The van der Waals surface area contributed by atoms with Crippen LogP contribution in [-0.2, 0) is 4.79 Å². The van der Waals surface area contributed by atoms with Gasteiger partial charge >= 0.3 is 0 Å². The molecule has 1 aromatic rings. The Balaban J connectivity index is 2.40. The fraction of sp³-hybridized carbons (Fsp3) is 0.333. The molecule has 1 aromatic carbocycles. The number of rotatable bonds is 6. The predicted octanol–water partition coefficient (Wildman–Crippen LogP) is 1.60. The maximum absolute atomic E-state index is 11.5. The summed E-state index contributed by atoms with van der Waals surface area (Å²) in [5.41, 5.74) is 0.634. The van der Waals surface area contributed by atoms with Gasteiger partial charge in [0.15, 0.2) is 5.78 Å². The van der Waals surface area contributed by atoms with Crippen molar-refractivity contribution in [3.63, 3.8) is 0 Å². The first-order chi connectivity index (χ1) is 7.24. The van der Waals surface area contributed by atoms with E-state index < -0.39 is 0 Å². The van der Waals surface area contributed by atoms with Gasteiger partial charge in [-0.1, -0.05) is 30.3 Å². The molecule has 0 aliphatic rings. The van der Waals surface area contributed by atoms with Crippen molar-refractivity contribution in [1.82, 2.24) is 0 Å². The highest BCUT2D eigenvalue weighted by Gasteiger charge is 2.08. The zero-order valence-electron chi connectivity index (χ0n) is 8.48. The Morgan fingerprint density at radius 2 is 1.67 bits per heavy atom. The Kier molecular flexibility index (Phi) is 4.71. The van der Waals surface area contributed by atoms with Gasteiger partial charge in [-0.15, -0.1) is 0 Å². The van der Waals surface area contributed by atoms with Crippen LogP contribution in [0, 0.1) is 0 Å². The van der Waals surface area contributed by atoms with Gasteiger partial charge in [-0.3, -0.25) is 9.59 Å². The first kappa shape index (κ1) is 11.6. The standard InChI is InChI=1S/C12H14O3/c13-9-8-11(14)6-7-12(15)10-4-2-1-3-5-10/h1-5,13H,6-9H2. The molecular weight excluding hydrogens is 192 g/mol. The minimum atomic E-state index is -0.141. The molecule has 0 saturated heterocycles. The van der Waals surface area contributed by atoms with E-state index in [1.165, 1.54) is 0 Å². The highest BCUT2D eigenvalue weighted by Crippen LogP contribution is 2.05. The number of benzene rings is 1. The van der Waals surface area contributed by atoms with Crippen LogP contribution >= 0.6 is 0 Å². The lowest BCUT2D eigenvalue weighted by molar-refractivity contribution is -0.119. The molecule has 0 atom stereocenters. The Labute approximate surface area is 88.7 Å². The molecule has 0 amide bonds. The topological polar surface area (TPSA) is 54.4 Å². The Hall–Kier alpha value is -1.48. The van der Waals surface area contributed by atoms with Crippen molar-refractivity contribution in [3.8, 4) is 0 Å². The molecule has 3 nitrogen and oxygen atoms in total. The summed E-state index contributed by atoms with van der Waals surface area (Å²) < 4.78 is 0. The van der Waals surface area contributed by atoms with Crippen molar-refractivity contribution >= 4 is 11.6 Å². The summed E-state index contributed by atoms with van der Waals surface area (Å²) >= 11 is 0. The summed E-state index contributed by atoms with van der Waals surface area (Å²) in [5, 5.41) is 8.51. The van der Waals surface area contributed by atoms with Crippen molar-refractivity contribution in [2.45, 2.75) is 19.3 Å². The van der Waals surface area contributed by atoms with Crippen molar-refractivity contribution in [2.75, 3.05) is 6.61 Å². The van der Waals surface area contributed by atoms with Gasteiger partial charge in [0.25, 0.3) is 0 Å². The minimum Gasteiger partial charge on any atom is -0.396 e. The summed E-state index contributed by atoms with van der Waals surface area (Å²) in [6, 6.07) is 8.90. The van der Waals surface area contributed by atoms with Gasteiger partial charge in [-0.05, 0) is 0 Å². The molecule has 0 saturated carbocycles. The van der Waals surface area contributed by atoms with Gasteiger partial charge in [0.1, 0.15) is 5.78 Å². The summed E-state index contributed by atoms with van der Waals surface area (Å²) in [4.78, 5) is 22.6. The van der Waals surface area contributed by atoms with Crippen molar-refractivity contribution in [2.24, 2.45) is 0 Å². The molecular formula is C12H14O3. The number of carbonyl (C=O) groups is 2. The second kappa shape index (κ2) is 6.09. The molecule has 0 bridgehead atoms. The first-order valence-electron chi connectivity index (χ1n) is 4.95. The molecule has 0 aliphatic heterocycles. The molecule has 0 unspecified atom stereocenters. The van der Waals surface area contributed by atoms with E-state index in [4.69, 9.17) is 5.11 Å². The smallest absolute Gasteiger partial charge is 0.163 e. The van der Waals surface area contributed by atoms with Crippen LogP contribution in [0.1, 0.15) is 29.6 Å². The van der Waals surface area contributed by atoms with Gasteiger partial charge in [0.05, 0.1) is 0 Å². The first-order valence-corrected chi connectivity index (χ1v) is 4.95. The number of hydrogen-bond donors (Lipinski definition) is 1. The van der Waals surface area contributed by atoms with Crippen molar-refractivity contribution < 1.29 is 14.7 Å². The summed E-state index contributed by atoms with van der Waals surface area (Å²) in [7, 11) is 0. The van der Waals surface area contributed by atoms with Gasteiger partial charge in [0.2, 0.25) is 0 Å². The third-order valence-electron chi connectivity index (χ3n) is 2.12. The van der Waals surface area contributed by atoms with Crippen molar-refractivity contribution in [3.05, 3.63) is 35.9 Å². The second-order valence-electron chi connectivity index (χ2n) is 3.30. The Bertz CT molecular complexity index is 330. The van der Waals surface area contributed by atoms with E-state index in [1.54, 1.807) is 24.3 Å². The van der Waals surface area contributed by atoms with Crippen LogP contribution in [0.5, 0.6) is 0 Å². The van der Waals surface area contributed by atoms with Crippen LogP contribution in [0.4, 0.5) is 0 Å². The van der Waals surface area contributed by atoms with Crippen LogP contribution in [0.3, 0.4) is 0 Å². The Morgan fingerprint density at radius 3 is 2.27 bits per heavy atom. The van der Waals surface area contributed by atoms with Gasteiger partial charge in [0, 0.05) is 31.4 Å². The van der Waals surface area contributed by atoms with Crippen LogP contribution in [0.2, 0.25) is 0 Å². The number of aliphatic hydroxyl groups excluding tert-OH is 1. The van der Waals surface area contributed by atoms with E-state index in [1.807, 2.05) is 6.07 Å². The highest BCUT2D eigenvalue weighted by molar-refractivity contribution is 5.98. The molecule has 1 rings (SSSR count). The predicted molar refractivity (Wildman–Crippen MR) is 56.7 cm³/mol. The lowest BCUT2D eigenvalue weighted by Crippen LogP contribution is -2.05. The molecule has 0 aromatic heterocycles. The lowest BCUT2D eigenvalue weighted by Gasteiger charge is -1.99. The Morgan fingerprint density at radius 1 is 1.00 bits per heavy atom. The summed E-state index contributed by atoms with van der Waals surface area (Å²) in [6.45, 7) is -0.141. The van der Waals surface area contributed by atoms with Crippen LogP contribution in [-0.4, -0.2) is 23.3 Å². The van der Waals surface area contributed by atoms with E-state index in [2.05, 4.69) is 0 Å². The maximum Gasteiger partial charge on any atom is 0.163 e. The number of hydrogen-bond acceptors (Lipinski definition) is 3. The van der Waals surface area contributed by atoms with Crippen LogP contribution in [0.15, 0.2) is 30.3 Å². The molecule has 0 fully saturated rings. The number of aliphatic hydroxyl groups is 1. The third kappa shape index (κ3) is 4.04. The average Bonchev–Trinajstić information content (AvgIpc) is 2.27. The minimum absolute atomic E-state index is 0.0260. The fourth-order valence-electron chi connectivity index (χ4n) is 1.27. The zero-order chi connectivity index (χ0) is 11.1. The third-order valence-corrected chi connectivity index (χ3v) is 2.12. The molecule has 3 heteroatoms. The van der Waals surface area contributed by atoms with Crippen molar-refractivity contribution in [1.29, 1.82) is 0 Å². The second-order valence-corrected chi connectivity index (χ2v) is 3.30. The molecule has 15 heavy (non-hydrogen) atoms. The molecule has 0 heterocycles. The fourth-order valence-corrected chi connectivity index (χ4v) is 1.27.